The predicted octanol–water partition coefficient (Wildman–Crippen LogP) is 4.42. The van der Waals surface area contributed by atoms with Gasteiger partial charge in [0.15, 0.2) is 5.75 Å². The molecule has 0 saturated heterocycles. The molecule has 0 spiro atoms. The molecule has 33 heavy (non-hydrogen) atoms. The third-order valence-corrected chi connectivity index (χ3v) is 6.45. The van der Waals surface area contributed by atoms with Gasteiger partial charge in [0.25, 0.3) is 5.91 Å². The summed E-state index contributed by atoms with van der Waals surface area (Å²) in [4.78, 5) is 14.8. The molecule has 3 aromatic carbocycles. The Morgan fingerprint density at radius 1 is 0.939 bits per heavy atom. The van der Waals surface area contributed by atoms with Gasteiger partial charge in [-0.3, -0.25) is 9.52 Å². The minimum atomic E-state index is -3.79. The van der Waals surface area contributed by atoms with Crippen molar-refractivity contribution in [1.29, 1.82) is 0 Å². The van der Waals surface area contributed by atoms with Crippen LogP contribution in [0.3, 0.4) is 0 Å². The van der Waals surface area contributed by atoms with Crippen molar-refractivity contribution in [3.05, 3.63) is 71.8 Å². The summed E-state index contributed by atoms with van der Waals surface area (Å²) in [6.07, 6.45) is 0. The number of carbonyl (C=O) groups is 1. The summed E-state index contributed by atoms with van der Waals surface area (Å²) in [5.74, 6) is 1.35. The fraction of sp³-hybridized carbons (Fsp3) is 0.208. The van der Waals surface area contributed by atoms with E-state index in [2.05, 4.69) is 4.72 Å². The molecule has 1 N–H and O–H groups in total. The first-order chi connectivity index (χ1) is 15.8. The highest BCUT2D eigenvalue weighted by Gasteiger charge is 2.27. The highest BCUT2D eigenvalue weighted by molar-refractivity contribution is 7.91. The van der Waals surface area contributed by atoms with Crippen molar-refractivity contribution in [2.45, 2.75) is 12.7 Å². The topological polar surface area (TPSA) is 94.2 Å². The second-order valence-electron chi connectivity index (χ2n) is 7.41. The third kappa shape index (κ3) is 4.73. The second kappa shape index (κ2) is 9.03. The third-order valence-electron chi connectivity index (χ3n) is 5.19. The first-order valence-electron chi connectivity index (χ1n) is 10.3. The number of nitrogens with one attached hydrogen (secondary N) is 1. The minimum Gasteiger partial charge on any atom is -0.497 e. The van der Waals surface area contributed by atoms with Gasteiger partial charge in [0, 0.05) is 18.3 Å². The first-order valence-corrected chi connectivity index (χ1v) is 11.9. The van der Waals surface area contributed by atoms with Crippen molar-refractivity contribution in [1.82, 2.24) is 0 Å². The van der Waals surface area contributed by atoms with E-state index in [1.807, 2.05) is 25.1 Å². The smallest absolute Gasteiger partial charge is 0.262 e. The number of ether oxygens (including phenoxy) is 3. The van der Waals surface area contributed by atoms with E-state index < -0.39 is 10.0 Å². The number of benzene rings is 3. The summed E-state index contributed by atoms with van der Waals surface area (Å²) in [6, 6.07) is 16.9. The van der Waals surface area contributed by atoms with Crippen molar-refractivity contribution in [3.63, 3.8) is 0 Å². The van der Waals surface area contributed by atoms with E-state index in [4.69, 9.17) is 14.2 Å². The lowest BCUT2D eigenvalue weighted by atomic mass is 10.1. The molecule has 0 saturated carbocycles. The molecule has 1 heterocycles. The number of carbonyl (C=O) groups excluding carboxylic acids is 1. The molecule has 3 aromatic rings. The number of hydrogen-bond donors (Lipinski definition) is 1. The van der Waals surface area contributed by atoms with Gasteiger partial charge in [0.05, 0.1) is 31.2 Å². The van der Waals surface area contributed by atoms with Crippen LogP contribution >= 0.6 is 0 Å². The maximum atomic E-state index is 13.2. The van der Waals surface area contributed by atoms with Gasteiger partial charge >= 0.3 is 0 Å². The molecule has 0 bridgehead atoms. The molecule has 0 aliphatic carbocycles. The van der Waals surface area contributed by atoms with Crippen LogP contribution in [0.1, 0.15) is 22.8 Å². The number of methoxy groups -OCH3 is 2. The number of rotatable bonds is 7. The van der Waals surface area contributed by atoms with Crippen molar-refractivity contribution in [2.75, 3.05) is 30.4 Å². The first kappa shape index (κ1) is 22.5. The van der Waals surface area contributed by atoms with Crippen LogP contribution in [-0.4, -0.2) is 35.1 Å². The zero-order chi connectivity index (χ0) is 23.6. The average Bonchev–Trinajstić information content (AvgIpc) is 2.91. The summed E-state index contributed by atoms with van der Waals surface area (Å²) in [5.41, 5.74) is 1.70. The average molecular weight is 469 g/mol. The number of sulfonamides is 1. The van der Waals surface area contributed by atoms with E-state index in [1.165, 1.54) is 20.3 Å². The summed E-state index contributed by atoms with van der Waals surface area (Å²) < 4.78 is 44.7. The van der Waals surface area contributed by atoms with E-state index in [9.17, 15) is 13.2 Å². The molecule has 0 atom stereocenters. The Labute approximate surface area is 192 Å². The molecule has 1 aliphatic rings. The Hall–Kier alpha value is -3.72. The Balaban J connectivity index is 1.62. The standard InChI is InChI=1S/C24H24N2O6S/c1-4-26-21-7-5-6-8-23(21)32-22-10-9-17(13-20(22)24(26)27)25-33(28,29)15-16-11-18(30-2)14-19(12-16)31-3/h5-14,25H,4,15H2,1-3H3. The molecule has 1 amide bonds. The van der Waals surface area contributed by atoms with E-state index in [0.29, 0.717) is 40.8 Å². The Bertz CT molecular complexity index is 1280. The Morgan fingerprint density at radius 3 is 2.30 bits per heavy atom. The quantitative estimate of drug-likeness (QED) is 0.552. The summed E-state index contributed by atoms with van der Waals surface area (Å²) in [5, 5.41) is 0. The molecular weight excluding hydrogens is 444 g/mol. The fourth-order valence-electron chi connectivity index (χ4n) is 3.69. The SMILES string of the molecule is CCN1C(=O)c2cc(NS(=O)(=O)Cc3cc(OC)cc(OC)c3)ccc2Oc2ccccc21. The zero-order valence-electron chi connectivity index (χ0n) is 18.5. The van der Waals surface area contributed by atoms with Gasteiger partial charge in [0.1, 0.15) is 17.2 Å². The Kier molecular flexibility index (Phi) is 6.15. The number of nitrogens with zero attached hydrogens (tertiary/aromatic N) is 1. The highest BCUT2D eigenvalue weighted by atomic mass is 32.2. The van der Waals surface area contributed by atoms with Crippen molar-refractivity contribution in [3.8, 4) is 23.0 Å². The van der Waals surface area contributed by atoms with E-state index in [1.54, 1.807) is 41.3 Å². The maximum absolute atomic E-state index is 13.2. The molecule has 9 heteroatoms. The van der Waals surface area contributed by atoms with Crippen LogP contribution in [0, 0.1) is 0 Å². The van der Waals surface area contributed by atoms with Crippen LogP contribution in [-0.2, 0) is 15.8 Å². The summed E-state index contributed by atoms with van der Waals surface area (Å²) >= 11 is 0. The monoisotopic (exact) mass is 468 g/mol. The zero-order valence-corrected chi connectivity index (χ0v) is 19.3. The minimum absolute atomic E-state index is 0.266. The molecule has 1 aliphatic heterocycles. The van der Waals surface area contributed by atoms with Crippen LogP contribution in [0.4, 0.5) is 11.4 Å². The fourth-order valence-corrected chi connectivity index (χ4v) is 4.85. The number of amides is 1. The second-order valence-corrected chi connectivity index (χ2v) is 9.13. The Morgan fingerprint density at radius 2 is 1.64 bits per heavy atom. The number of hydrogen-bond acceptors (Lipinski definition) is 6. The van der Waals surface area contributed by atoms with Crippen LogP contribution in [0.25, 0.3) is 0 Å². The van der Waals surface area contributed by atoms with Crippen molar-refractivity contribution < 1.29 is 27.4 Å². The van der Waals surface area contributed by atoms with Crippen molar-refractivity contribution >= 4 is 27.3 Å². The van der Waals surface area contributed by atoms with Crippen molar-refractivity contribution in [2.24, 2.45) is 0 Å². The maximum Gasteiger partial charge on any atom is 0.262 e. The van der Waals surface area contributed by atoms with Gasteiger partial charge in [-0.2, -0.15) is 0 Å². The lowest BCUT2D eigenvalue weighted by Crippen LogP contribution is -2.29. The molecule has 0 aromatic heterocycles. The van der Waals surface area contributed by atoms with Gasteiger partial charge < -0.3 is 19.1 Å². The predicted molar refractivity (Wildman–Crippen MR) is 126 cm³/mol. The van der Waals surface area contributed by atoms with E-state index >= 15 is 0 Å². The molecule has 0 unspecified atom stereocenters. The molecule has 0 radical (unpaired) electrons. The summed E-state index contributed by atoms with van der Waals surface area (Å²) in [7, 11) is -0.794. The molecule has 4 rings (SSSR count). The number of para-hydroxylation sites is 2. The molecule has 0 fully saturated rings. The normalized spacial score (nSPS) is 12.8. The summed E-state index contributed by atoms with van der Waals surface area (Å²) in [6.45, 7) is 2.31. The van der Waals surface area contributed by atoms with Crippen LogP contribution in [0.2, 0.25) is 0 Å². The molecule has 172 valence electrons. The van der Waals surface area contributed by atoms with Crippen LogP contribution in [0.15, 0.2) is 60.7 Å². The largest absolute Gasteiger partial charge is 0.497 e. The van der Waals surface area contributed by atoms with Crippen LogP contribution < -0.4 is 23.8 Å². The highest BCUT2D eigenvalue weighted by Crippen LogP contribution is 2.39. The molecule has 8 nitrogen and oxygen atoms in total. The lowest BCUT2D eigenvalue weighted by Gasteiger charge is -2.20. The van der Waals surface area contributed by atoms with Gasteiger partial charge in [-0.25, -0.2) is 8.42 Å². The van der Waals surface area contributed by atoms with E-state index in [-0.39, 0.29) is 22.9 Å². The van der Waals surface area contributed by atoms with Gasteiger partial charge in [-0.1, -0.05) is 12.1 Å². The van der Waals surface area contributed by atoms with Gasteiger partial charge in [-0.05, 0) is 55.0 Å². The lowest BCUT2D eigenvalue weighted by molar-refractivity contribution is 0.0988. The molecular formula is C24H24N2O6S. The van der Waals surface area contributed by atoms with Gasteiger partial charge in [0.2, 0.25) is 10.0 Å². The van der Waals surface area contributed by atoms with E-state index in [0.717, 1.165) is 0 Å². The number of anilines is 2. The number of fused-ring (bicyclic) bond motifs is 2. The van der Waals surface area contributed by atoms with Gasteiger partial charge in [-0.15, -0.1) is 0 Å². The van der Waals surface area contributed by atoms with Crippen LogP contribution in [0.5, 0.6) is 23.0 Å².